The van der Waals surface area contributed by atoms with Gasteiger partial charge in [0, 0.05) is 29.3 Å². The van der Waals surface area contributed by atoms with Crippen molar-refractivity contribution in [2.24, 2.45) is 5.73 Å². The van der Waals surface area contributed by atoms with E-state index in [1.54, 1.807) is 18.5 Å². The fraction of sp³-hybridized carbons (Fsp3) is 0.143. The van der Waals surface area contributed by atoms with Gasteiger partial charge in [0.05, 0.1) is 5.56 Å². The molecule has 2 aromatic rings. The number of hydrogen-bond acceptors (Lipinski definition) is 4. The minimum absolute atomic E-state index is 0.396. The Morgan fingerprint density at radius 3 is 2.05 bits per heavy atom. The maximum atomic E-state index is 8.34. The molecule has 2 aromatic heterocycles. The highest BCUT2D eigenvalue weighted by Gasteiger charge is 1.93. The molecule has 96 valence electrons. The first-order chi connectivity index (χ1) is 9.02. The average Bonchev–Trinajstić information content (AvgIpc) is 2.41. The number of thiocarbonyl (C=S) groups is 1. The van der Waals surface area contributed by atoms with E-state index < -0.39 is 0 Å². The molecule has 0 aliphatic carbocycles. The van der Waals surface area contributed by atoms with Gasteiger partial charge >= 0.3 is 0 Å². The Labute approximate surface area is 117 Å². The molecule has 4 nitrogen and oxygen atoms in total. The first-order valence-electron chi connectivity index (χ1n) is 5.58. The zero-order chi connectivity index (χ0) is 14.3. The molecule has 2 N–H and O–H groups in total. The molecule has 0 fully saturated rings. The number of rotatable bonds is 1. The van der Waals surface area contributed by atoms with E-state index in [2.05, 4.69) is 9.97 Å². The quantitative estimate of drug-likeness (QED) is 0.805. The van der Waals surface area contributed by atoms with Crippen LogP contribution in [0.15, 0.2) is 36.7 Å². The van der Waals surface area contributed by atoms with Gasteiger partial charge in [-0.1, -0.05) is 12.2 Å². The maximum absolute atomic E-state index is 8.34. The molecule has 2 rings (SSSR count). The number of nitriles is 1. The SMILES string of the molecule is Cc1ccc(C#N)cn1.Cc1ccc(C(N)=S)cn1. The fourth-order valence-corrected chi connectivity index (χ4v) is 1.27. The Bertz CT molecular complexity index is 582. The summed E-state index contributed by atoms with van der Waals surface area (Å²) >= 11 is 4.74. The number of aromatic nitrogens is 2. The molecule has 0 unspecified atom stereocenters. The molecule has 0 aromatic carbocycles. The molecule has 0 amide bonds. The zero-order valence-corrected chi connectivity index (χ0v) is 11.6. The summed E-state index contributed by atoms with van der Waals surface area (Å²) in [6, 6.07) is 9.31. The van der Waals surface area contributed by atoms with E-state index in [9.17, 15) is 0 Å². The predicted molar refractivity (Wildman–Crippen MR) is 78.6 cm³/mol. The largest absolute Gasteiger partial charge is 0.389 e. The van der Waals surface area contributed by atoms with Gasteiger partial charge in [-0.2, -0.15) is 5.26 Å². The van der Waals surface area contributed by atoms with Gasteiger partial charge < -0.3 is 5.73 Å². The van der Waals surface area contributed by atoms with Gasteiger partial charge in [0.25, 0.3) is 0 Å². The second kappa shape index (κ2) is 7.19. The lowest BCUT2D eigenvalue weighted by Crippen LogP contribution is -2.09. The molecular weight excluding hydrogens is 256 g/mol. The minimum atomic E-state index is 0.396. The van der Waals surface area contributed by atoms with Crippen LogP contribution in [0, 0.1) is 25.2 Å². The molecule has 5 heteroatoms. The van der Waals surface area contributed by atoms with Crippen LogP contribution in [0.3, 0.4) is 0 Å². The standard InChI is InChI=1S/C7H8N2S.C7H6N2/c1-5-2-3-6(4-9-5)7(8)10;1-6-2-3-7(4-8)5-9-6/h2-4H,1H3,(H2,8,10);2-3,5H,1H3. The average molecular weight is 270 g/mol. The van der Waals surface area contributed by atoms with Crippen molar-refractivity contribution >= 4 is 17.2 Å². The summed E-state index contributed by atoms with van der Waals surface area (Å²) in [5.74, 6) is 0. The molecule has 0 saturated heterocycles. The van der Waals surface area contributed by atoms with E-state index in [1.807, 2.05) is 38.1 Å². The van der Waals surface area contributed by atoms with Crippen LogP contribution in [-0.4, -0.2) is 15.0 Å². The third-order valence-electron chi connectivity index (χ3n) is 2.24. The van der Waals surface area contributed by atoms with E-state index in [4.69, 9.17) is 23.2 Å². The Morgan fingerprint density at radius 2 is 1.68 bits per heavy atom. The van der Waals surface area contributed by atoms with E-state index in [0.29, 0.717) is 10.6 Å². The van der Waals surface area contributed by atoms with Crippen LogP contribution >= 0.6 is 12.2 Å². The molecule has 0 radical (unpaired) electrons. The van der Waals surface area contributed by atoms with Crippen molar-refractivity contribution in [3.8, 4) is 6.07 Å². The van der Waals surface area contributed by atoms with Gasteiger partial charge in [0.15, 0.2) is 0 Å². The number of nitrogens with two attached hydrogens (primary N) is 1. The fourth-order valence-electron chi connectivity index (χ4n) is 1.15. The van der Waals surface area contributed by atoms with Crippen molar-refractivity contribution in [2.75, 3.05) is 0 Å². The number of aryl methyl sites for hydroxylation is 2. The lowest BCUT2D eigenvalue weighted by molar-refractivity contribution is 1.19. The Kier molecular flexibility index (Phi) is 5.58. The van der Waals surface area contributed by atoms with Crippen molar-refractivity contribution in [3.63, 3.8) is 0 Å². The smallest absolute Gasteiger partial charge is 0.105 e. The molecule has 2 heterocycles. The molecule has 0 aliphatic heterocycles. The van der Waals surface area contributed by atoms with Crippen molar-refractivity contribution in [2.45, 2.75) is 13.8 Å². The van der Waals surface area contributed by atoms with Crippen LogP contribution in [0.1, 0.15) is 22.5 Å². The Balaban J connectivity index is 0.000000191. The number of hydrogen-bond donors (Lipinski definition) is 1. The molecule has 0 atom stereocenters. The summed E-state index contributed by atoms with van der Waals surface area (Å²) < 4.78 is 0. The van der Waals surface area contributed by atoms with Crippen LogP contribution in [0.25, 0.3) is 0 Å². The highest BCUT2D eigenvalue weighted by Crippen LogP contribution is 1.97. The van der Waals surface area contributed by atoms with E-state index in [-0.39, 0.29) is 0 Å². The van der Waals surface area contributed by atoms with Gasteiger partial charge in [-0.25, -0.2) is 0 Å². The van der Waals surface area contributed by atoms with Crippen molar-refractivity contribution in [1.82, 2.24) is 9.97 Å². The highest BCUT2D eigenvalue weighted by molar-refractivity contribution is 7.80. The summed E-state index contributed by atoms with van der Waals surface area (Å²) in [4.78, 5) is 8.36. The summed E-state index contributed by atoms with van der Waals surface area (Å²) in [5.41, 5.74) is 8.70. The summed E-state index contributed by atoms with van der Waals surface area (Å²) in [7, 11) is 0. The summed E-state index contributed by atoms with van der Waals surface area (Å²) in [6.45, 7) is 3.81. The molecule has 0 bridgehead atoms. The first-order valence-corrected chi connectivity index (χ1v) is 5.99. The minimum Gasteiger partial charge on any atom is -0.389 e. The van der Waals surface area contributed by atoms with Crippen LogP contribution in [0.4, 0.5) is 0 Å². The van der Waals surface area contributed by atoms with Crippen LogP contribution < -0.4 is 5.73 Å². The van der Waals surface area contributed by atoms with E-state index in [1.165, 1.54) is 0 Å². The molecule has 19 heavy (non-hydrogen) atoms. The highest BCUT2D eigenvalue weighted by atomic mass is 32.1. The summed E-state index contributed by atoms with van der Waals surface area (Å²) in [6.07, 6.45) is 3.24. The summed E-state index contributed by atoms with van der Waals surface area (Å²) in [5, 5.41) is 8.34. The first kappa shape index (κ1) is 14.7. The number of pyridine rings is 2. The lowest BCUT2D eigenvalue weighted by atomic mass is 10.2. The van der Waals surface area contributed by atoms with Gasteiger partial charge in [-0.15, -0.1) is 0 Å². The maximum Gasteiger partial charge on any atom is 0.105 e. The second-order valence-corrected chi connectivity index (χ2v) is 4.29. The van der Waals surface area contributed by atoms with Crippen LogP contribution in [-0.2, 0) is 0 Å². The number of nitrogens with zero attached hydrogens (tertiary/aromatic N) is 3. The predicted octanol–water partition coefficient (Wildman–Crippen LogP) is 2.29. The Morgan fingerprint density at radius 1 is 1.11 bits per heavy atom. The van der Waals surface area contributed by atoms with Crippen LogP contribution in [0.2, 0.25) is 0 Å². The van der Waals surface area contributed by atoms with Crippen molar-refractivity contribution in [3.05, 3.63) is 59.2 Å². The van der Waals surface area contributed by atoms with Crippen molar-refractivity contribution < 1.29 is 0 Å². The topological polar surface area (TPSA) is 75.6 Å². The van der Waals surface area contributed by atoms with Crippen molar-refractivity contribution in [1.29, 1.82) is 5.26 Å². The molecular formula is C14H14N4S. The second-order valence-electron chi connectivity index (χ2n) is 3.85. The van der Waals surface area contributed by atoms with E-state index in [0.717, 1.165) is 17.0 Å². The monoisotopic (exact) mass is 270 g/mol. The Hall–Kier alpha value is -2.32. The van der Waals surface area contributed by atoms with Gasteiger partial charge in [0.1, 0.15) is 11.1 Å². The molecule has 0 aliphatic rings. The lowest BCUT2D eigenvalue weighted by Gasteiger charge is -1.95. The van der Waals surface area contributed by atoms with E-state index >= 15 is 0 Å². The molecule has 0 spiro atoms. The van der Waals surface area contributed by atoms with Gasteiger partial charge in [-0.3, -0.25) is 9.97 Å². The third-order valence-corrected chi connectivity index (χ3v) is 2.47. The zero-order valence-electron chi connectivity index (χ0n) is 10.8. The third kappa shape index (κ3) is 5.23. The van der Waals surface area contributed by atoms with Gasteiger partial charge in [0.2, 0.25) is 0 Å². The normalized spacial score (nSPS) is 8.89. The molecule has 0 saturated carbocycles. The van der Waals surface area contributed by atoms with Crippen LogP contribution in [0.5, 0.6) is 0 Å². The van der Waals surface area contributed by atoms with Gasteiger partial charge in [-0.05, 0) is 38.1 Å².